The van der Waals surface area contributed by atoms with Crippen LogP contribution in [0.4, 0.5) is 17.6 Å². The third-order valence-corrected chi connectivity index (χ3v) is 1.83. The molecule has 13 heavy (non-hydrogen) atoms. The molecule has 0 aliphatic heterocycles. The van der Waals surface area contributed by atoms with Crippen molar-refractivity contribution in [3.8, 4) is 0 Å². The smallest absolute Gasteiger partial charge is 0.746 e. The third kappa shape index (κ3) is 8.55. The number of halogens is 4. The Kier molecular flexibility index (Phi) is 6.27. The van der Waals surface area contributed by atoms with Crippen LogP contribution in [0.2, 0.25) is 0 Å². The van der Waals surface area contributed by atoms with Crippen LogP contribution < -0.4 is 18.9 Å². The van der Waals surface area contributed by atoms with E-state index in [1.807, 2.05) is 0 Å². The van der Waals surface area contributed by atoms with Crippen molar-refractivity contribution in [1.29, 1.82) is 0 Å². The Morgan fingerprint density at radius 2 is 1.69 bits per heavy atom. The molecule has 0 spiro atoms. The van der Waals surface area contributed by atoms with Gasteiger partial charge in [-0.25, -0.2) is 12.8 Å². The maximum Gasteiger partial charge on any atom is 1.00 e. The summed E-state index contributed by atoms with van der Waals surface area (Å²) in [4.78, 5) is 0. The molecule has 0 aliphatic rings. The molecule has 9 heteroatoms. The van der Waals surface area contributed by atoms with Gasteiger partial charge in [0.05, 0.1) is 0 Å². The first-order chi connectivity index (χ1) is 5.13. The topological polar surface area (TPSA) is 57.2 Å². The van der Waals surface area contributed by atoms with Gasteiger partial charge in [0.2, 0.25) is 0 Å². The first-order valence-corrected chi connectivity index (χ1v) is 4.25. The average Bonchev–Trinajstić information content (AvgIpc) is 1.78. The molecular formula is C4H5F4LiO3S. The summed E-state index contributed by atoms with van der Waals surface area (Å²) in [6.45, 7) is 0. The Morgan fingerprint density at radius 3 is 1.92 bits per heavy atom. The van der Waals surface area contributed by atoms with E-state index in [0.29, 0.717) is 0 Å². The van der Waals surface area contributed by atoms with Crippen LogP contribution in [0.25, 0.3) is 0 Å². The summed E-state index contributed by atoms with van der Waals surface area (Å²) in [5.74, 6) is 0. The third-order valence-electron chi connectivity index (χ3n) is 0.968. The molecule has 0 amide bonds. The quantitative estimate of drug-likeness (QED) is 0.317. The predicted octanol–water partition coefficient (Wildman–Crippen LogP) is -1.83. The van der Waals surface area contributed by atoms with Crippen LogP contribution in [0.1, 0.15) is 12.8 Å². The summed E-state index contributed by atoms with van der Waals surface area (Å²) in [6.07, 6.45) is -7.60. The van der Waals surface area contributed by atoms with Crippen molar-refractivity contribution < 1.29 is 49.4 Å². The number of hydrogen-bond acceptors (Lipinski definition) is 3. The van der Waals surface area contributed by atoms with Crippen molar-refractivity contribution in [2.45, 2.75) is 24.5 Å². The Balaban J connectivity index is 0. The second-order valence-electron chi connectivity index (χ2n) is 2.06. The van der Waals surface area contributed by atoms with Crippen molar-refractivity contribution >= 4 is 10.1 Å². The van der Waals surface area contributed by atoms with E-state index >= 15 is 0 Å². The van der Waals surface area contributed by atoms with Crippen LogP contribution in [0.15, 0.2) is 0 Å². The van der Waals surface area contributed by atoms with Gasteiger partial charge in [-0.1, -0.05) is 0 Å². The fourth-order valence-electron chi connectivity index (χ4n) is 0.421. The van der Waals surface area contributed by atoms with Gasteiger partial charge in [-0.2, -0.15) is 13.2 Å². The molecule has 0 aromatic carbocycles. The monoisotopic (exact) mass is 216 g/mol. The zero-order valence-electron chi connectivity index (χ0n) is 6.64. The van der Waals surface area contributed by atoms with Crippen LogP contribution in [0.3, 0.4) is 0 Å². The van der Waals surface area contributed by atoms with Gasteiger partial charge in [-0.05, 0) is 0 Å². The Labute approximate surface area is 84.4 Å². The molecule has 0 heterocycles. The predicted molar refractivity (Wildman–Crippen MR) is 29.9 cm³/mol. The molecule has 74 valence electrons. The molecule has 0 rings (SSSR count). The summed E-state index contributed by atoms with van der Waals surface area (Å²) in [5, 5.41) is 0. The van der Waals surface area contributed by atoms with E-state index in [4.69, 9.17) is 0 Å². The first-order valence-electron chi connectivity index (χ1n) is 2.78. The Hall–Kier alpha value is 0.227. The van der Waals surface area contributed by atoms with Gasteiger partial charge in [-0.15, -0.1) is 0 Å². The SMILES string of the molecule is O=S(=O)([O-])C(F)CCC(F)(F)F.[Li+]. The summed E-state index contributed by atoms with van der Waals surface area (Å²) in [5.41, 5.74) is -2.97. The normalized spacial score (nSPS) is 14.8. The minimum atomic E-state index is -5.24. The molecule has 0 aromatic heterocycles. The number of rotatable bonds is 3. The van der Waals surface area contributed by atoms with E-state index in [-0.39, 0.29) is 18.9 Å². The molecule has 3 nitrogen and oxygen atoms in total. The zero-order valence-corrected chi connectivity index (χ0v) is 7.45. The van der Waals surface area contributed by atoms with Gasteiger partial charge in [0.1, 0.15) is 10.1 Å². The van der Waals surface area contributed by atoms with Crippen LogP contribution in [-0.4, -0.2) is 24.7 Å². The van der Waals surface area contributed by atoms with Crippen molar-refractivity contribution in [2.24, 2.45) is 0 Å². The molecule has 0 fully saturated rings. The summed E-state index contributed by atoms with van der Waals surface area (Å²) in [7, 11) is -5.24. The molecule has 0 aliphatic carbocycles. The zero-order chi connectivity index (χ0) is 9.99. The standard InChI is InChI=1S/C4H6F4O3S.Li/c5-3(12(9,10)11)1-2-4(6,7)8;/h3H,1-2H2,(H,9,10,11);/q;+1/p-1. The van der Waals surface area contributed by atoms with Gasteiger partial charge in [0.25, 0.3) is 0 Å². The Bertz CT molecular complexity index is 236. The van der Waals surface area contributed by atoms with E-state index < -0.39 is 34.6 Å². The van der Waals surface area contributed by atoms with E-state index in [1.165, 1.54) is 0 Å². The fourth-order valence-corrected chi connectivity index (χ4v) is 0.828. The van der Waals surface area contributed by atoms with Crippen molar-refractivity contribution in [3.63, 3.8) is 0 Å². The molecule has 0 aromatic rings. The van der Waals surface area contributed by atoms with Crippen LogP contribution >= 0.6 is 0 Å². The largest absolute Gasteiger partial charge is 1.00 e. The molecular weight excluding hydrogens is 211 g/mol. The second kappa shape index (κ2) is 5.19. The molecule has 0 N–H and O–H groups in total. The van der Waals surface area contributed by atoms with E-state index in [9.17, 15) is 30.5 Å². The second-order valence-corrected chi connectivity index (χ2v) is 3.55. The maximum absolute atomic E-state index is 12.0. The minimum Gasteiger partial charge on any atom is -0.746 e. The molecule has 0 bridgehead atoms. The van der Waals surface area contributed by atoms with Crippen molar-refractivity contribution in [2.75, 3.05) is 0 Å². The van der Waals surface area contributed by atoms with Crippen LogP contribution in [0, 0.1) is 0 Å². The summed E-state index contributed by atoms with van der Waals surface area (Å²) < 4.78 is 75.3. The van der Waals surface area contributed by atoms with E-state index in [1.54, 1.807) is 0 Å². The molecule has 0 saturated carbocycles. The van der Waals surface area contributed by atoms with Gasteiger partial charge in [0, 0.05) is 12.8 Å². The van der Waals surface area contributed by atoms with Gasteiger partial charge in [0.15, 0.2) is 5.50 Å². The van der Waals surface area contributed by atoms with Gasteiger partial charge < -0.3 is 4.55 Å². The van der Waals surface area contributed by atoms with E-state index in [2.05, 4.69) is 0 Å². The number of alkyl halides is 4. The van der Waals surface area contributed by atoms with Crippen LogP contribution in [-0.2, 0) is 10.1 Å². The summed E-state index contributed by atoms with van der Waals surface area (Å²) in [6, 6.07) is 0. The van der Waals surface area contributed by atoms with E-state index in [0.717, 1.165) is 0 Å². The van der Waals surface area contributed by atoms with Gasteiger partial charge >= 0.3 is 25.0 Å². The molecule has 0 saturated heterocycles. The Morgan fingerprint density at radius 1 is 1.31 bits per heavy atom. The molecule has 1 unspecified atom stereocenters. The average molecular weight is 216 g/mol. The summed E-state index contributed by atoms with van der Waals surface area (Å²) >= 11 is 0. The molecule has 1 atom stereocenters. The fraction of sp³-hybridized carbons (Fsp3) is 1.00. The maximum atomic E-state index is 12.0. The van der Waals surface area contributed by atoms with Gasteiger partial charge in [-0.3, -0.25) is 0 Å². The molecule has 0 radical (unpaired) electrons. The minimum absolute atomic E-state index is 0. The van der Waals surface area contributed by atoms with Crippen molar-refractivity contribution in [1.82, 2.24) is 0 Å². The van der Waals surface area contributed by atoms with Crippen LogP contribution in [0.5, 0.6) is 0 Å². The first kappa shape index (κ1) is 15.7. The van der Waals surface area contributed by atoms with Crippen molar-refractivity contribution in [3.05, 3.63) is 0 Å². The number of hydrogen-bond donors (Lipinski definition) is 0.